The molecule has 6 nitrogen and oxygen atoms in total. The molecule has 1 heterocycles. The van der Waals surface area contributed by atoms with E-state index in [0.717, 1.165) is 11.4 Å². The average Bonchev–Trinajstić information content (AvgIpc) is 2.57. The summed E-state index contributed by atoms with van der Waals surface area (Å²) in [6.07, 6.45) is -0.448. The van der Waals surface area contributed by atoms with Gasteiger partial charge in [-0.2, -0.15) is 0 Å². The van der Waals surface area contributed by atoms with Gasteiger partial charge < -0.3 is 19.3 Å². The summed E-state index contributed by atoms with van der Waals surface area (Å²) in [7, 11) is 9.21. The van der Waals surface area contributed by atoms with Gasteiger partial charge >= 0.3 is 6.09 Å². The minimum absolute atomic E-state index is 0.448. The monoisotopic (exact) mass is 327 g/mol. The van der Waals surface area contributed by atoms with E-state index in [-0.39, 0.29) is 0 Å². The number of hydrogen-bond acceptors (Lipinski definition) is 5. The molecule has 0 saturated heterocycles. The molecular formula is C18H21N3O3. The molecule has 0 N–H and O–H groups in total. The molecule has 1 aliphatic rings. The van der Waals surface area contributed by atoms with Crippen LogP contribution in [0.4, 0.5) is 27.5 Å². The normalized spacial score (nSPS) is 12.0. The van der Waals surface area contributed by atoms with Crippen LogP contribution in [0.2, 0.25) is 0 Å². The van der Waals surface area contributed by atoms with E-state index in [4.69, 9.17) is 9.47 Å². The molecule has 2 aromatic rings. The molecule has 3 rings (SSSR count). The highest BCUT2D eigenvalue weighted by Gasteiger charge is 2.30. The number of nitrogens with zero attached hydrogens (tertiary/aromatic N) is 3. The molecule has 24 heavy (non-hydrogen) atoms. The molecule has 0 aromatic heterocycles. The van der Waals surface area contributed by atoms with Crippen LogP contribution in [0.1, 0.15) is 0 Å². The van der Waals surface area contributed by atoms with Gasteiger partial charge in [-0.05, 0) is 24.3 Å². The van der Waals surface area contributed by atoms with E-state index in [0.29, 0.717) is 22.9 Å². The van der Waals surface area contributed by atoms with E-state index in [2.05, 4.69) is 0 Å². The van der Waals surface area contributed by atoms with Crippen molar-refractivity contribution < 1.29 is 14.3 Å². The molecule has 6 heteroatoms. The Morgan fingerprint density at radius 2 is 1.38 bits per heavy atom. The fraction of sp³-hybridized carbons (Fsp3) is 0.278. The van der Waals surface area contributed by atoms with Crippen molar-refractivity contribution in [1.29, 1.82) is 0 Å². The van der Waals surface area contributed by atoms with Crippen LogP contribution in [0, 0.1) is 0 Å². The Bertz CT molecular complexity index is 730. The summed E-state index contributed by atoms with van der Waals surface area (Å²) < 4.78 is 11.1. The second kappa shape index (κ2) is 5.96. The summed E-state index contributed by atoms with van der Waals surface area (Å²) in [5.41, 5.74) is 3.31. The molecule has 1 amide bonds. The van der Waals surface area contributed by atoms with E-state index in [1.165, 1.54) is 12.0 Å². The highest BCUT2D eigenvalue weighted by Crippen LogP contribution is 2.49. The van der Waals surface area contributed by atoms with Crippen molar-refractivity contribution in [1.82, 2.24) is 0 Å². The van der Waals surface area contributed by atoms with Gasteiger partial charge in [0.15, 0.2) is 11.5 Å². The number of carbonyl (C=O) groups excluding carboxylic acids is 1. The number of benzene rings is 2. The summed E-state index contributed by atoms with van der Waals surface area (Å²) in [6, 6.07) is 11.4. The van der Waals surface area contributed by atoms with Crippen LogP contribution < -0.4 is 19.4 Å². The average molecular weight is 327 g/mol. The number of hydrogen-bond donors (Lipinski definition) is 0. The highest BCUT2D eigenvalue weighted by atomic mass is 16.5. The summed E-state index contributed by atoms with van der Waals surface area (Å²) in [4.78, 5) is 17.9. The van der Waals surface area contributed by atoms with Crippen LogP contribution in [-0.4, -0.2) is 41.4 Å². The van der Waals surface area contributed by atoms with Crippen LogP contribution in [0.5, 0.6) is 11.5 Å². The van der Waals surface area contributed by atoms with Crippen LogP contribution in [-0.2, 0) is 4.74 Å². The predicted molar refractivity (Wildman–Crippen MR) is 96.2 cm³/mol. The van der Waals surface area contributed by atoms with Gasteiger partial charge in [0, 0.05) is 51.7 Å². The van der Waals surface area contributed by atoms with Crippen LogP contribution >= 0.6 is 0 Å². The fourth-order valence-corrected chi connectivity index (χ4v) is 2.63. The van der Waals surface area contributed by atoms with Crippen molar-refractivity contribution >= 4 is 28.8 Å². The van der Waals surface area contributed by atoms with Crippen molar-refractivity contribution in [2.75, 3.05) is 50.0 Å². The van der Waals surface area contributed by atoms with E-state index in [1.807, 2.05) is 74.4 Å². The van der Waals surface area contributed by atoms with E-state index in [9.17, 15) is 4.79 Å². The summed E-state index contributed by atoms with van der Waals surface area (Å²) in [6.45, 7) is 0. The maximum atomic E-state index is 12.4. The quantitative estimate of drug-likeness (QED) is 0.839. The number of anilines is 4. The van der Waals surface area contributed by atoms with Crippen LogP contribution in [0.25, 0.3) is 0 Å². The van der Waals surface area contributed by atoms with Gasteiger partial charge in [-0.15, -0.1) is 0 Å². The Balaban J connectivity index is 2.15. The smallest absolute Gasteiger partial charge is 0.418 e. The maximum Gasteiger partial charge on any atom is 0.418 e. The third-order valence-corrected chi connectivity index (χ3v) is 3.98. The molecule has 0 unspecified atom stereocenters. The van der Waals surface area contributed by atoms with Gasteiger partial charge in [-0.3, -0.25) is 0 Å². The molecule has 0 aliphatic carbocycles. The lowest BCUT2D eigenvalue weighted by Crippen LogP contribution is -2.28. The van der Waals surface area contributed by atoms with Crippen molar-refractivity contribution in [3.63, 3.8) is 0 Å². The number of methoxy groups -OCH3 is 1. The Labute approximate surface area is 141 Å². The van der Waals surface area contributed by atoms with Gasteiger partial charge in [0.2, 0.25) is 0 Å². The second-order valence-corrected chi connectivity index (χ2v) is 6.00. The standard InChI is InChI=1S/C18H21N3O3/c1-19(2)12-6-8-14-16(10-12)24-17-11-13(20(3)4)7-9-15(17)21(14)18(22)23-5/h6-11H,1-5H3. The van der Waals surface area contributed by atoms with Gasteiger partial charge in [-0.25, -0.2) is 9.69 Å². The zero-order valence-corrected chi connectivity index (χ0v) is 14.5. The number of amides is 1. The lowest BCUT2D eigenvalue weighted by atomic mass is 10.1. The first-order valence-electron chi connectivity index (χ1n) is 7.61. The third-order valence-electron chi connectivity index (χ3n) is 3.98. The highest BCUT2D eigenvalue weighted by molar-refractivity contribution is 6.01. The Morgan fingerprint density at radius 1 is 0.917 bits per heavy atom. The number of fused-ring (bicyclic) bond motifs is 2. The Kier molecular flexibility index (Phi) is 3.97. The predicted octanol–water partition coefficient (Wildman–Crippen LogP) is 3.83. The van der Waals surface area contributed by atoms with E-state index in [1.54, 1.807) is 0 Å². The Morgan fingerprint density at radius 3 is 1.75 bits per heavy atom. The fourth-order valence-electron chi connectivity index (χ4n) is 2.63. The van der Waals surface area contributed by atoms with Gasteiger partial charge in [0.05, 0.1) is 18.5 Å². The zero-order chi connectivity index (χ0) is 17.4. The first-order valence-corrected chi connectivity index (χ1v) is 7.61. The van der Waals surface area contributed by atoms with Crippen molar-refractivity contribution in [2.45, 2.75) is 0 Å². The van der Waals surface area contributed by atoms with Crippen molar-refractivity contribution in [2.24, 2.45) is 0 Å². The molecule has 0 spiro atoms. The largest absolute Gasteiger partial charge is 0.453 e. The Hall–Kier alpha value is -2.89. The molecule has 0 saturated carbocycles. The second-order valence-electron chi connectivity index (χ2n) is 6.00. The number of ether oxygens (including phenoxy) is 2. The third kappa shape index (κ3) is 2.60. The summed E-state index contributed by atoms with van der Waals surface area (Å²) in [5, 5.41) is 0. The minimum Gasteiger partial charge on any atom is -0.453 e. The SMILES string of the molecule is COC(=O)N1c2ccc(N(C)C)cc2Oc2cc(N(C)C)ccc21. The zero-order valence-electron chi connectivity index (χ0n) is 14.5. The lowest BCUT2D eigenvalue weighted by molar-refractivity contribution is 0.181. The topological polar surface area (TPSA) is 45.3 Å². The first-order chi connectivity index (χ1) is 11.4. The lowest BCUT2D eigenvalue weighted by Gasteiger charge is -2.31. The van der Waals surface area contributed by atoms with Gasteiger partial charge in [0.25, 0.3) is 0 Å². The number of carbonyl (C=O) groups is 1. The van der Waals surface area contributed by atoms with Crippen molar-refractivity contribution in [3.8, 4) is 11.5 Å². The van der Waals surface area contributed by atoms with Crippen LogP contribution in [0.3, 0.4) is 0 Å². The molecule has 126 valence electrons. The minimum atomic E-state index is -0.448. The summed E-state index contributed by atoms with van der Waals surface area (Å²) in [5.74, 6) is 1.24. The first kappa shape index (κ1) is 16.0. The molecule has 1 aliphatic heterocycles. The maximum absolute atomic E-state index is 12.4. The summed E-state index contributed by atoms with van der Waals surface area (Å²) >= 11 is 0. The molecule has 0 fully saturated rings. The van der Waals surface area contributed by atoms with Crippen LogP contribution in [0.15, 0.2) is 36.4 Å². The van der Waals surface area contributed by atoms with E-state index < -0.39 is 6.09 Å². The molecule has 2 aromatic carbocycles. The molecule has 0 radical (unpaired) electrons. The van der Waals surface area contributed by atoms with E-state index >= 15 is 0 Å². The number of rotatable bonds is 2. The van der Waals surface area contributed by atoms with Crippen molar-refractivity contribution in [3.05, 3.63) is 36.4 Å². The van der Waals surface area contributed by atoms with Gasteiger partial charge in [0.1, 0.15) is 0 Å². The molecular weight excluding hydrogens is 306 g/mol. The molecule has 0 bridgehead atoms. The molecule has 0 atom stereocenters. The van der Waals surface area contributed by atoms with Gasteiger partial charge in [-0.1, -0.05) is 0 Å².